The van der Waals surface area contributed by atoms with E-state index in [1.165, 1.54) is 12.1 Å². The number of piperidine rings is 1. The summed E-state index contributed by atoms with van der Waals surface area (Å²) in [6.07, 6.45) is -2.60. The molecule has 2 aromatic rings. The zero-order valence-electron chi connectivity index (χ0n) is 15.6. The first-order valence-electron chi connectivity index (χ1n) is 9.18. The second kappa shape index (κ2) is 8.34. The molecule has 1 atom stereocenters. The van der Waals surface area contributed by atoms with Crippen LogP contribution in [0.5, 0.6) is 0 Å². The Bertz CT molecular complexity index is 861. The Kier molecular flexibility index (Phi) is 6.04. The van der Waals surface area contributed by atoms with Crippen molar-refractivity contribution in [2.45, 2.75) is 32.0 Å². The van der Waals surface area contributed by atoms with E-state index in [2.05, 4.69) is 10.3 Å². The van der Waals surface area contributed by atoms with Crippen LogP contribution in [0, 0.1) is 17.6 Å². The van der Waals surface area contributed by atoms with Crippen molar-refractivity contribution in [1.29, 1.82) is 0 Å². The molecule has 156 valence electrons. The van der Waals surface area contributed by atoms with Gasteiger partial charge in [-0.2, -0.15) is 13.2 Å². The Hall–Kier alpha value is -2.71. The Morgan fingerprint density at radius 2 is 1.83 bits per heavy atom. The van der Waals surface area contributed by atoms with E-state index in [1.807, 2.05) is 4.90 Å². The topological polar surface area (TPSA) is 45.2 Å². The van der Waals surface area contributed by atoms with Crippen molar-refractivity contribution in [3.8, 4) is 0 Å². The third-order valence-corrected chi connectivity index (χ3v) is 5.07. The van der Waals surface area contributed by atoms with Gasteiger partial charge in [0.2, 0.25) is 5.91 Å². The van der Waals surface area contributed by atoms with Gasteiger partial charge in [0.25, 0.3) is 0 Å². The number of hydrogen-bond acceptors (Lipinski definition) is 3. The molecule has 0 radical (unpaired) electrons. The SMILES string of the molecule is CC(NC(=O)C1CCN(c2ccc(C(F)(F)F)cn2)CC1)c1ccc(F)c(F)c1. The molecule has 1 fully saturated rings. The number of halogens is 5. The average molecular weight is 413 g/mol. The van der Waals surface area contributed by atoms with Gasteiger partial charge in [0.1, 0.15) is 5.82 Å². The number of hydrogen-bond donors (Lipinski definition) is 1. The molecule has 1 unspecified atom stereocenters. The fraction of sp³-hybridized carbons (Fsp3) is 0.400. The van der Waals surface area contributed by atoms with Gasteiger partial charge < -0.3 is 10.2 Å². The smallest absolute Gasteiger partial charge is 0.357 e. The minimum atomic E-state index is -4.43. The quantitative estimate of drug-likeness (QED) is 0.753. The van der Waals surface area contributed by atoms with Gasteiger partial charge in [-0.3, -0.25) is 4.79 Å². The summed E-state index contributed by atoms with van der Waals surface area (Å²) in [6, 6.07) is 5.33. The predicted octanol–water partition coefficient (Wildman–Crippen LogP) is 4.47. The van der Waals surface area contributed by atoms with Crippen LogP contribution in [0.4, 0.5) is 27.8 Å². The predicted molar refractivity (Wildman–Crippen MR) is 97.1 cm³/mol. The van der Waals surface area contributed by atoms with E-state index in [9.17, 15) is 26.7 Å². The molecular weight excluding hydrogens is 393 g/mol. The maximum Gasteiger partial charge on any atom is 0.417 e. The number of anilines is 1. The first-order valence-corrected chi connectivity index (χ1v) is 9.18. The van der Waals surface area contributed by atoms with E-state index < -0.39 is 29.4 Å². The summed E-state index contributed by atoms with van der Waals surface area (Å²) >= 11 is 0. The van der Waals surface area contributed by atoms with E-state index in [-0.39, 0.29) is 11.8 Å². The van der Waals surface area contributed by atoms with Crippen LogP contribution in [0.2, 0.25) is 0 Å². The Morgan fingerprint density at radius 1 is 1.14 bits per heavy atom. The molecule has 29 heavy (non-hydrogen) atoms. The molecule has 4 nitrogen and oxygen atoms in total. The molecule has 1 aliphatic heterocycles. The van der Waals surface area contributed by atoms with Crippen molar-refractivity contribution >= 4 is 11.7 Å². The van der Waals surface area contributed by atoms with Crippen LogP contribution in [0.15, 0.2) is 36.5 Å². The van der Waals surface area contributed by atoms with Gasteiger partial charge in [0.05, 0.1) is 11.6 Å². The monoisotopic (exact) mass is 413 g/mol. The summed E-state index contributed by atoms with van der Waals surface area (Å²) in [7, 11) is 0. The fourth-order valence-corrected chi connectivity index (χ4v) is 3.31. The molecule has 3 rings (SSSR count). The molecule has 1 aliphatic rings. The third kappa shape index (κ3) is 5.02. The lowest BCUT2D eigenvalue weighted by Gasteiger charge is -2.32. The molecule has 2 heterocycles. The van der Waals surface area contributed by atoms with Gasteiger partial charge in [0.15, 0.2) is 11.6 Å². The lowest BCUT2D eigenvalue weighted by atomic mass is 9.95. The minimum Gasteiger partial charge on any atom is -0.357 e. The number of nitrogens with zero attached hydrogens (tertiary/aromatic N) is 2. The molecule has 0 aliphatic carbocycles. The van der Waals surface area contributed by atoms with E-state index in [4.69, 9.17) is 0 Å². The van der Waals surface area contributed by atoms with Gasteiger partial charge in [-0.05, 0) is 49.6 Å². The van der Waals surface area contributed by atoms with E-state index in [0.29, 0.717) is 37.3 Å². The number of aromatic nitrogens is 1. The van der Waals surface area contributed by atoms with Crippen molar-refractivity contribution in [2.75, 3.05) is 18.0 Å². The molecule has 1 aromatic carbocycles. The molecule has 1 amide bonds. The van der Waals surface area contributed by atoms with E-state index >= 15 is 0 Å². The second-order valence-electron chi connectivity index (χ2n) is 7.07. The zero-order valence-corrected chi connectivity index (χ0v) is 15.6. The van der Waals surface area contributed by atoms with Gasteiger partial charge in [0, 0.05) is 25.2 Å². The van der Waals surface area contributed by atoms with Crippen LogP contribution in [0.3, 0.4) is 0 Å². The minimum absolute atomic E-state index is 0.192. The normalized spacial score (nSPS) is 16.6. The lowest BCUT2D eigenvalue weighted by Crippen LogP contribution is -2.41. The molecule has 0 spiro atoms. The lowest BCUT2D eigenvalue weighted by molar-refractivity contribution is -0.137. The summed E-state index contributed by atoms with van der Waals surface area (Å²) < 4.78 is 64.3. The second-order valence-corrected chi connectivity index (χ2v) is 7.07. The van der Waals surface area contributed by atoms with Gasteiger partial charge >= 0.3 is 6.18 Å². The van der Waals surface area contributed by atoms with Crippen LogP contribution >= 0.6 is 0 Å². The van der Waals surface area contributed by atoms with Crippen LogP contribution in [-0.4, -0.2) is 24.0 Å². The number of carbonyl (C=O) groups excluding carboxylic acids is 1. The molecule has 1 aromatic heterocycles. The van der Waals surface area contributed by atoms with Crippen molar-refractivity contribution in [3.05, 3.63) is 59.3 Å². The highest BCUT2D eigenvalue weighted by Gasteiger charge is 2.31. The standard InChI is InChI=1S/C20H20F5N3O/c1-12(14-2-4-16(21)17(22)10-14)27-19(29)13-6-8-28(9-7-13)18-5-3-15(11-26-18)20(23,24)25/h2-5,10-13H,6-9H2,1H3,(H,27,29). The number of benzene rings is 1. The van der Waals surface area contributed by atoms with E-state index in [1.54, 1.807) is 6.92 Å². The highest BCUT2D eigenvalue weighted by atomic mass is 19.4. The average Bonchev–Trinajstić information content (AvgIpc) is 2.69. The van der Waals surface area contributed by atoms with Crippen LogP contribution in [0.1, 0.15) is 36.9 Å². The number of pyridine rings is 1. The van der Waals surface area contributed by atoms with Crippen LogP contribution in [-0.2, 0) is 11.0 Å². The largest absolute Gasteiger partial charge is 0.417 e. The number of alkyl halides is 3. The zero-order chi connectivity index (χ0) is 21.2. The Morgan fingerprint density at radius 3 is 2.38 bits per heavy atom. The summed E-state index contributed by atoms with van der Waals surface area (Å²) in [6.45, 7) is 2.65. The maximum atomic E-state index is 13.4. The van der Waals surface area contributed by atoms with Crippen molar-refractivity contribution in [1.82, 2.24) is 10.3 Å². The summed E-state index contributed by atoms with van der Waals surface area (Å²) in [5.74, 6) is -1.94. The third-order valence-electron chi connectivity index (χ3n) is 5.07. The fourth-order valence-electron chi connectivity index (χ4n) is 3.31. The Balaban J connectivity index is 1.54. The first kappa shape index (κ1) is 21.0. The number of carbonyl (C=O) groups is 1. The number of rotatable bonds is 4. The highest BCUT2D eigenvalue weighted by Crippen LogP contribution is 2.30. The Labute approximate surface area is 164 Å². The highest BCUT2D eigenvalue weighted by molar-refractivity contribution is 5.79. The first-order chi connectivity index (χ1) is 13.6. The summed E-state index contributed by atoms with van der Waals surface area (Å²) in [5, 5.41) is 2.80. The van der Waals surface area contributed by atoms with Crippen molar-refractivity contribution in [2.24, 2.45) is 5.92 Å². The van der Waals surface area contributed by atoms with Gasteiger partial charge in [-0.1, -0.05) is 6.07 Å². The molecular formula is C20H20F5N3O. The molecule has 0 bridgehead atoms. The maximum absolute atomic E-state index is 13.4. The van der Waals surface area contributed by atoms with Crippen LogP contribution in [0.25, 0.3) is 0 Å². The van der Waals surface area contributed by atoms with Gasteiger partial charge in [-0.25, -0.2) is 13.8 Å². The van der Waals surface area contributed by atoms with Crippen molar-refractivity contribution in [3.63, 3.8) is 0 Å². The summed E-state index contributed by atoms with van der Waals surface area (Å²) in [4.78, 5) is 18.2. The number of nitrogens with one attached hydrogen (secondary N) is 1. The molecule has 9 heteroatoms. The summed E-state index contributed by atoms with van der Waals surface area (Å²) in [5.41, 5.74) is -0.342. The molecule has 0 saturated carbocycles. The molecule has 1 N–H and O–H groups in total. The molecule has 1 saturated heterocycles. The van der Waals surface area contributed by atoms with Gasteiger partial charge in [-0.15, -0.1) is 0 Å². The number of amides is 1. The van der Waals surface area contributed by atoms with Crippen molar-refractivity contribution < 1.29 is 26.7 Å². The van der Waals surface area contributed by atoms with E-state index in [0.717, 1.165) is 24.4 Å². The van der Waals surface area contributed by atoms with Crippen LogP contribution < -0.4 is 10.2 Å².